The highest BCUT2D eigenvalue weighted by molar-refractivity contribution is 7.90. The Labute approximate surface area is 87.7 Å². The van der Waals surface area contributed by atoms with Crippen molar-refractivity contribution in [2.45, 2.75) is 6.54 Å². The molecule has 1 aromatic heterocycles. The van der Waals surface area contributed by atoms with Crippen molar-refractivity contribution in [1.29, 1.82) is 0 Å². The Bertz CT molecular complexity index is 410. The van der Waals surface area contributed by atoms with Gasteiger partial charge in [0.15, 0.2) is 5.75 Å². The molecule has 0 amide bonds. The molecule has 0 aromatic carbocycles. The van der Waals surface area contributed by atoms with Gasteiger partial charge in [-0.1, -0.05) is 0 Å². The molecule has 1 heterocycles. The third-order valence-corrected chi connectivity index (χ3v) is 2.89. The molecule has 0 radical (unpaired) electrons. The normalized spacial score (nSPS) is 11.3. The number of methoxy groups -OCH3 is 1. The molecule has 0 bridgehead atoms. The van der Waals surface area contributed by atoms with Gasteiger partial charge >= 0.3 is 5.97 Å². The molecule has 1 aromatic rings. The van der Waals surface area contributed by atoms with Crippen LogP contribution in [0.2, 0.25) is 0 Å². The Hall–Kier alpha value is -1.34. The maximum Gasteiger partial charge on any atom is 0.322 e. The Morgan fingerprint density at radius 3 is 2.87 bits per heavy atom. The fourth-order valence-corrected chi connectivity index (χ4v) is 1.84. The van der Waals surface area contributed by atoms with Crippen LogP contribution in [0.3, 0.4) is 0 Å². The fraction of sp³-hybridized carbons (Fsp3) is 0.375. The molecule has 2 N–H and O–H groups in total. The number of aromatic amines is 1. The summed E-state index contributed by atoms with van der Waals surface area (Å²) in [6, 6.07) is 1.74. The van der Waals surface area contributed by atoms with Crippen LogP contribution in [0, 0.1) is 0 Å². The zero-order valence-electron chi connectivity index (χ0n) is 8.19. The molecule has 0 saturated heterocycles. The molecule has 6 nitrogen and oxygen atoms in total. The van der Waals surface area contributed by atoms with Gasteiger partial charge in [-0.15, -0.1) is 0 Å². The van der Waals surface area contributed by atoms with Crippen molar-refractivity contribution in [2.75, 3.05) is 12.9 Å². The molecule has 0 aliphatic carbocycles. The number of nitrogens with one attached hydrogen (secondary N) is 2. The molecule has 0 aliphatic rings. The molecule has 0 saturated carbocycles. The zero-order chi connectivity index (χ0) is 11.3. The Kier molecular flexibility index (Phi) is 3.87. The average Bonchev–Trinajstić information content (AvgIpc) is 2.66. The standard InChI is InChI=1S/C8H12N2O4S/c1-14-8(11)6-15(12,13)10-5-7-2-3-9-4-7/h2-4,9-10H,5-6H2,1H3. The van der Waals surface area contributed by atoms with E-state index in [0.717, 1.165) is 12.7 Å². The summed E-state index contributed by atoms with van der Waals surface area (Å²) in [5.41, 5.74) is 0.795. The number of carbonyl (C=O) groups excluding carboxylic acids is 1. The number of hydrogen-bond donors (Lipinski definition) is 2. The molecular formula is C8H12N2O4S. The first kappa shape index (κ1) is 11.7. The van der Waals surface area contributed by atoms with Gasteiger partial charge in [-0.05, 0) is 11.6 Å². The number of esters is 1. The van der Waals surface area contributed by atoms with E-state index < -0.39 is 21.7 Å². The molecule has 15 heavy (non-hydrogen) atoms. The van der Waals surface area contributed by atoms with Crippen LogP contribution in [0.15, 0.2) is 18.5 Å². The van der Waals surface area contributed by atoms with Gasteiger partial charge in [-0.3, -0.25) is 4.79 Å². The minimum absolute atomic E-state index is 0.156. The van der Waals surface area contributed by atoms with Crippen molar-refractivity contribution in [1.82, 2.24) is 9.71 Å². The van der Waals surface area contributed by atoms with Crippen molar-refractivity contribution in [3.63, 3.8) is 0 Å². The van der Waals surface area contributed by atoms with Crippen LogP contribution < -0.4 is 4.72 Å². The van der Waals surface area contributed by atoms with E-state index in [0.29, 0.717) is 0 Å². The number of aromatic nitrogens is 1. The highest BCUT2D eigenvalue weighted by Gasteiger charge is 2.16. The Balaban J connectivity index is 2.47. The number of ether oxygens (including phenoxy) is 1. The lowest BCUT2D eigenvalue weighted by Crippen LogP contribution is -2.30. The second-order valence-electron chi connectivity index (χ2n) is 2.88. The number of H-pyrrole nitrogens is 1. The van der Waals surface area contributed by atoms with Gasteiger partial charge in [0.25, 0.3) is 0 Å². The largest absolute Gasteiger partial charge is 0.468 e. The van der Waals surface area contributed by atoms with Gasteiger partial charge in [-0.25, -0.2) is 13.1 Å². The smallest absolute Gasteiger partial charge is 0.322 e. The topological polar surface area (TPSA) is 88.3 Å². The quantitative estimate of drug-likeness (QED) is 0.676. The Morgan fingerprint density at radius 1 is 1.60 bits per heavy atom. The summed E-state index contributed by atoms with van der Waals surface area (Å²) in [4.78, 5) is 13.5. The van der Waals surface area contributed by atoms with Gasteiger partial charge in [0.2, 0.25) is 10.0 Å². The first-order valence-corrected chi connectivity index (χ1v) is 5.84. The molecular weight excluding hydrogens is 220 g/mol. The summed E-state index contributed by atoms with van der Waals surface area (Å²) in [7, 11) is -2.46. The highest BCUT2D eigenvalue weighted by Crippen LogP contribution is 1.97. The maximum atomic E-state index is 11.3. The van der Waals surface area contributed by atoms with Gasteiger partial charge in [0, 0.05) is 18.9 Å². The van der Waals surface area contributed by atoms with Gasteiger partial charge in [0.05, 0.1) is 7.11 Å². The Morgan fingerprint density at radius 2 is 2.33 bits per heavy atom. The lowest BCUT2D eigenvalue weighted by Gasteiger charge is -2.03. The van der Waals surface area contributed by atoms with E-state index in [1.54, 1.807) is 18.5 Å². The van der Waals surface area contributed by atoms with Crippen molar-refractivity contribution in [3.8, 4) is 0 Å². The molecule has 0 fully saturated rings. The minimum atomic E-state index is -3.61. The maximum absolute atomic E-state index is 11.3. The summed E-state index contributed by atoms with van der Waals surface area (Å²) in [6.45, 7) is 0.156. The minimum Gasteiger partial charge on any atom is -0.468 e. The number of sulfonamides is 1. The van der Waals surface area contributed by atoms with E-state index in [2.05, 4.69) is 14.4 Å². The second-order valence-corrected chi connectivity index (χ2v) is 4.68. The molecule has 0 spiro atoms. The summed E-state index contributed by atoms with van der Waals surface area (Å²) < 4.78 is 29.1. The van der Waals surface area contributed by atoms with Crippen LogP contribution in [0.1, 0.15) is 5.56 Å². The fourth-order valence-electron chi connectivity index (χ4n) is 0.927. The summed E-state index contributed by atoms with van der Waals surface area (Å²) >= 11 is 0. The third kappa shape index (κ3) is 4.13. The van der Waals surface area contributed by atoms with Crippen molar-refractivity contribution < 1.29 is 17.9 Å². The summed E-state index contributed by atoms with van der Waals surface area (Å²) in [5, 5.41) is 0. The first-order chi connectivity index (χ1) is 7.03. The lowest BCUT2D eigenvalue weighted by atomic mass is 10.4. The van der Waals surface area contributed by atoms with Crippen molar-refractivity contribution in [3.05, 3.63) is 24.0 Å². The summed E-state index contributed by atoms with van der Waals surface area (Å²) in [6.07, 6.45) is 3.35. The predicted molar refractivity (Wildman–Crippen MR) is 53.4 cm³/mol. The zero-order valence-corrected chi connectivity index (χ0v) is 9.00. The van der Waals surface area contributed by atoms with E-state index in [-0.39, 0.29) is 6.54 Å². The van der Waals surface area contributed by atoms with E-state index in [9.17, 15) is 13.2 Å². The van der Waals surface area contributed by atoms with E-state index in [4.69, 9.17) is 0 Å². The number of hydrogen-bond acceptors (Lipinski definition) is 4. The molecule has 7 heteroatoms. The second kappa shape index (κ2) is 4.94. The average molecular weight is 232 g/mol. The van der Waals surface area contributed by atoms with Crippen LogP contribution in [0.25, 0.3) is 0 Å². The van der Waals surface area contributed by atoms with Crippen molar-refractivity contribution >= 4 is 16.0 Å². The number of rotatable bonds is 5. The van der Waals surface area contributed by atoms with Crippen LogP contribution in [0.5, 0.6) is 0 Å². The van der Waals surface area contributed by atoms with Crippen LogP contribution in [-0.4, -0.2) is 32.2 Å². The van der Waals surface area contributed by atoms with Crippen LogP contribution in [0.4, 0.5) is 0 Å². The predicted octanol–water partition coefficient (Wildman–Crippen LogP) is -0.393. The molecule has 0 atom stereocenters. The molecule has 1 rings (SSSR count). The summed E-state index contributed by atoms with van der Waals surface area (Å²) in [5.74, 6) is -1.44. The molecule has 0 unspecified atom stereocenters. The van der Waals surface area contributed by atoms with Crippen LogP contribution in [-0.2, 0) is 26.1 Å². The first-order valence-electron chi connectivity index (χ1n) is 4.19. The van der Waals surface area contributed by atoms with E-state index in [1.165, 1.54) is 0 Å². The van der Waals surface area contributed by atoms with Crippen LogP contribution >= 0.6 is 0 Å². The molecule has 0 aliphatic heterocycles. The lowest BCUT2D eigenvalue weighted by molar-refractivity contribution is -0.137. The highest BCUT2D eigenvalue weighted by atomic mass is 32.2. The van der Waals surface area contributed by atoms with Crippen molar-refractivity contribution in [2.24, 2.45) is 0 Å². The third-order valence-electron chi connectivity index (χ3n) is 1.69. The molecule has 84 valence electrons. The number of carbonyl (C=O) groups is 1. The SMILES string of the molecule is COC(=O)CS(=O)(=O)NCc1cc[nH]c1. The van der Waals surface area contributed by atoms with E-state index >= 15 is 0 Å². The van der Waals surface area contributed by atoms with Gasteiger partial charge in [-0.2, -0.15) is 0 Å². The van der Waals surface area contributed by atoms with E-state index in [1.807, 2.05) is 0 Å². The van der Waals surface area contributed by atoms with Gasteiger partial charge in [0.1, 0.15) is 0 Å². The van der Waals surface area contributed by atoms with Gasteiger partial charge < -0.3 is 9.72 Å². The monoisotopic (exact) mass is 232 g/mol.